The van der Waals surface area contributed by atoms with Gasteiger partial charge in [-0.25, -0.2) is 0 Å². The number of rotatable bonds is 3. The van der Waals surface area contributed by atoms with Crippen LogP contribution in [0.5, 0.6) is 0 Å². The van der Waals surface area contributed by atoms with E-state index < -0.39 is 11.5 Å². The molecule has 25 heavy (non-hydrogen) atoms. The molecule has 126 valence electrons. The zero-order valence-corrected chi connectivity index (χ0v) is 13.5. The Kier molecular flexibility index (Phi) is 3.66. The summed E-state index contributed by atoms with van der Waals surface area (Å²) in [6.07, 6.45) is 1.32. The minimum Gasteiger partial charge on any atom is -0.451 e. The molecule has 3 aromatic rings. The Bertz CT molecular complexity index is 1020. The third-order valence-corrected chi connectivity index (χ3v) is 4.73. The van der Waals surface area contributed by atoms with Crippen molar-refractivity contribution in [2.75, 3.05) is 6.54 Å². The van der Waals surface area contributed by atoms with Crippen LogP contribution in [0.25, 0.3) is 11.0 Å². The van der Waals surface area contributed by atoms with Crippen molar-refractivity contribution in [3.8, 4) is 0 Å². The molecule has 1 atom stereocenters. The first-order valence-corrected chi connectivity index (χ1v) is 8.19. The monoisotopic (exact) mass is 335 g/mol. The lowest BCUT2D eigenvalue weighted by Gasteiger charge is -2.24. The molecule has 0 saturated carbocycles. The molecule has 0 bridgehead atoms. The van der Waals surface area contributed by atoms with E-state index in [1.165, 1.54) is 6.07 Å². The summed E-state index contributed by atoms with van der Waals surface area (Å²) < 4.78 is 5.53. The van der Waals surface area contributed by atoms with Crippen LogP contribution >= 0.6 is 0 Å². The third-order valence-electron chi connectivity index (χ3n) is 4.73. The molecule has 1 unspecified atom stereocenters. The molecule has 0 radical (unpaired) electrons. The van der Waals surface area contributed by atoms with E-state index in [4.69, 9.17) is 4.42 Å². The maximum absolute atomic E-state index is 12.4. The highest BCUT2D eigenvalue weighted by atomic mass is 16.3. The van der Waals surface area contributed by atoms with E-state index in [-0.39, 0.29) is 17.7 Å². The van der Waals surface area contributed by atoms with Gasteiger partial charge in [0.25, 0.3) is 5.91 Å². The molecule has 5 heteroatoms. The van der Waals surface area contributed by atoms with Crippen LogP contribution in [0.15, 0.2) is 63.8 Å². The van der Waals surface area contributed by atoms with Gasteiger partial charge in [-0.05, 0) is 36.1 Å². The van der Waals surface area contributed by atoms with E-state index in [1.807, 2.05) is 24.3 Å². The molecular formula is C20H17NO4. The Labute approximate surface area is 143 Å². The average molecular weight is 335 g/mol. The number of amides is 1. The first kappa shape index (κ1) is 15.6. The van der Waals surface area contributed by atoms with Crippen molar-refractivity contribution in [3.63, 3.8) is 0 Å². The molecule has 0 fully saturated rings. The lowest BCUT2D eigenvalue weighted by Crippen LogP contribution is -2.39. The van der Waals surface area contributed by atoms with Gasteiger partial charge in [0.15, 0.2) is 11.2 Å². The molecule has 0 spiro atoms. The van der Waals surface area contributed by atoms with Crippen LogP contribution < -0.4 is 10.7 Å². The van der Waals surface area contributed by atoms with E-state index in [2.05, 4.69) is 5.32 Å². The lowest BCUT2D eigenvalue weighted by molar-refractivity contribution is 0.0365. The summed E-state index contributed by atoms with van der Waals surface area (Å²) in [4.78, 5) is 24.5. The summed E-state index contributed by atoms with van der Waals surface area (Å²) in [7, 11) is 0. The Balaban J connectivity index is 1.56. The zero-order valence-electron chi connectivity index (χ0n) is 13.5. The standard InChI is InChI=1S/C20H17NO4/c22-16-11-18(25-17-8-4-2-6-14(16)17)19(23)21-12-20(24)10-9-13-5-1-3-7-15(13)20/h1-8,11,24H,9-10,12H2,(H,21,23). The molecule has 2 N–H and O–H groups in total. The summed E-state index contributed by atoms with van der Waals surface area (Å²) in [5.74, 6) is -0.570. The van der Waals surface area contributed by atoms with Gasteiger partial charge in [0.05, 0.1) is 11.9 Å². The fourth-order valence-corrected chi connectivity index (χ4v) is 3.38. The molecule has 0 aliphatic heterocycles. The number of carbonyl (C=O) groups is 1. The number of para-hydroxylation sites is 1. The summed E-state index contributed by atoms with van der Waals surface area (Å²) in [5.41, 5.74) is 0.942. The van der Waals surface area contributed by atoms with Gasteiger partial charge in [0.1, 0.15) is 11.2 Å². The van der Waals surface area contributed by atoms with Crippen molar-refractivity contribution < 1.29 is 14.3 Å². The van der Waals surface area contributed by atoms with Gasteiger partial charge >= 0.3 is 0 Å². The quantitative estimate of drug-likeness (QED) is 0.770. The van der Waals surface area contributed by atoms with Gasteiger partial charge in [-0.3, -0.25) is 9.59 Å². The number of nitrogens with one attached hydrogen (secondary N) is 1. The molecule has 1 aromatic heterocycles. The average Bonchev–Trinajstić information content (AvgIpc) is 2.97. The van der Waals surface area contributed by atoms with Crippen molar-refractivity contribution in [2.45, 2.75) is 18.4 Å². The summed E-state index contributed by atoms with van der Waals surface area (Å²) in [5, 5.41) is 14.0. The van der Waals surface area contributed by atoms with Crippen LogP contribution in [0.2, 0.25) is 0 Å². The molecule has 1 aliphatic carbocycles. The normalized spacial score (nSPS) is 18.9. The Morgan fingerprint density at radius 3 is 2.80 bits per heavy atom. The predicted molar refractivity (Wildman–Crippen MR) is 93.5 cm³/mol. The first-order valence-electron chi connectivity index (χ1n) is 8.19. The fourth-order valence-electron chi connectivity index (χ4n) is 3.38. The van der Waals surface area contributed by atoms with Crippen LogP contribution in [0.1, 0.15) is 28.1 Å². The Morgan fingerprint density at radius 1 is 1.16 bits per heavy atom. The van der Waals surface area contributed by atoms with Crippen molar-refractivity contribution in [2.24, 2.45) is 0 Å². The largest absolute Gasteiger partial charge is 0.451 e. The molecule has 1 heterocycles. The van der Waals surface area contributed by atoms with Crippen LogP contribution in [0, 0.1) is 0 Å². The smallest absolute Gasteiger partial charge is 0.287 e. The van der Waals surface area contributed by atoms with Gasteiger partial charge in [-0.15, -0.1) is 0 Å². The predicted octanol–water partition coefficient (Wildman–Crippen LogP) is 2.36. The third kappa shape index (κ3) is 2.72. The fraction of sp³-hybridized carbons (Fsp3) is 0.200. The topological polar surface area (TPSA) is 79.5 Å². The maximum atomic E-state index is 12.4. The molecule has 1 amide bonds. The Morgan fingerprint density at radius 2 is 1.92 bits per heavy atom. The second-order valence-electron chi connectivity index (χ2n) is 6.34. The van der Waals surface area contributed by atoms with Gasteiger partial charge in [-0.1, -0.05) is 36.4 Å². The van der Waals surface area contributed by atoms with Gasteiger partial charge in [0.2, 0.25) is 0 Å². The van der Waals surface area contributed by atoms with Gasteiger partial charge in [0, 0.05) is 6.07 Å². The number of hydrogen-bond donors (Lipinski definition) is 2. The van der Waals surface area contributed by atoms with Crippen molar-refractivity contribution in [1.29, 1.82) is 0 Å². The number of hydrogen-bond acceptors (Lipinski definition) is 4. The van der Waals surface area contributed by atoms with Crippen LogP contribution in [-0.4, -0.2) is 17.6 Å². The molecular weight excluding hydrogens is 318 g/mol. The number of benzene rings is 2. The van der Waals surface area contributed by atoms with E-state index >= 15 is 0 Å². The molecule has 5 nitrogen and oxygen atoms in total. The molecule has 2 aromatic carbocycles. The van der Waals surface area contributed by atoms with E-state index in [0.717, 1.165) is 17.5 Å². The SMILES string of the molecule is O=C(NCC1(O)CCc2ccccc21)c1cc(=O)c2ccccc2o1. The molecule has 4 rings (SSSR count). The zero-order chi connectivity index (χ0) is 17.4. The van der Waals surface area contributed by atoms with Crippen molar-refractivity contribution >= 4 is 16.9 Å². The number of aryl methyl sites for hydroxylation is 1. The first-order chi connectivity index (χ1) is 12.1. The van der Waals surface area contributed by atoms with Crippen LogP contribution in [-0.2, 0) is 12.0 Å². The summed E-state index contributed by atoms with van der Waals surface area (Å²) >= 11 is 0. The second-order valence-corrected chi connectivity index (χ2v) is 6.34. The minimum absolute atomic E-state index is 0.0569. The number of fused-ring (bicyclic) bond motifs is 2. The molecule has 0 saturated heterocycles. The Hall–Kier alpha value is -2.92. The van der Waals surface area contributed by atoms with Crippen LogP contribution in [0.4, 0.5) is 0 Å². The molecule has 1 aliphatic rings. The minimum atomic E-state index is -1.09. The van der Waals surface area contributed by atoms with Crippen molar-refractivity contribution in [3.05, 3.63) is 81.7 Å². The van der Waals surface area contributed by atoms with Gasteiger partial charge < -0.3 is 14.8 Å². The van der Waals surface area contributed by atoms with Crippen molar-refractivity contribution in [1.82, 2.24) is 5.32 Å². The van der Waals surface area contributed by atoms with E-state index in [1.54, 1.807) is 24.3 Å². The van der Waals surface area contributed by atoms with E-state index in [9.17, 15) is 14.7 Å². The highest BCUT2D eigenvalue weighted by molar-refractivity contribution is 5.93. The summed E-state index contributed by atoms with van der Waals surface area (Å²) in [6.45, 7) is 0.0688. The second kappa shape index (κ2) is 5.86. The number of carbonyl (C=O) groups excluding carboxylic acids is 1. The highest BCUT2D eigenvalue weighted by Crippen LogP contribution is 2.36. The van der Waals surface area contributed by atoms with E-state index in [0.29, 0.717) is 17.4 Å². The summed E-state index contributed by atoms with van der Waals surface area (Å²) in [6, 6.07) is 15.6. The maximum Gasteiger partial charge on any atom is 0.287 e. The van der Waals surface area contributed by atoms with Gasteiger partial charge in [-0.2, -0.15) is 0 Å². The van der Waals surface area contributed by atoms with Crippen LogP contribution in [0.3, 0.4) is 0 Å². The number of aliphatic hydroxyl groups is 1. The lowest BCUT2D eigenvalue weighted by atomic mass is 9.96. The highest BCUT2D eigenvalue weighted by Gasteiger charge is 2.36.